The first kappa shape index (κ1) is 27.5. The highest BCUT2D eigenvalue weighted by Crippen LogP contribution is 2.38. The molecular weight excluding hydrogens is 529 g/mol. The number of ether oxygens (including phenoxy) is 3. The van der Waals surface area contributed by atoms with Crippen LogP contribution in [-0.4, -0.2) is 43.0 Å². The van der Waals surface area contributed by atoms with Gasteiger partial charge in [0.05, 0.1) is 24.4 Å². The maximum Gasteiger partial charge on any atom is 0.329 e. The molecule has 0 bridgehead atoms. The highest BCUT2D eigenvalue weighted by Gasteiger charge is 2.35. The molecule has 4 amide bonds. The quantitative estimate of drug-likeness (QED) is 0.270. The Hall–Kier alpha value is -4.57. The highest BCUT2D eigenvalue weighted by atomic mass is 35.5. The van der Waals surface area contributed by atoms with Crippen molar-refractivity contribution in [3.8, 4) is 17.2 Å². The molecule has 0 aromatic heterocycles. The van der Waals surface area contributed by atoms with Gasteiger partial charge in [-0.05, 0) is 60.5 Å². The van der Waals surface area contributed by atoms with Gasteiger partial charge in [0, 0.05) is 0 Å². The molecule has 1 heterocycles. The summed E-state index contributed by atoms with van der Waals surface area (Å²) in [6.45, 7) is 1.64. The number of methoxy groups -OCH3 is 1. The number of carbonyl (C=O) groups is 3. The van der Waals surface area contributed by atoms with Crippen LogP contribution in [0.2, 0.25) is 5.02 Å². The average Bonchev–Trinajstić information content (AvgIpc) is 3.16. The Morgan fingerprint density at radius 1 is 1.08 bits per heavy atom. The average molecular weight is 554 g/mol. The molecule has 4 rings (SSSR count). The Morgan fingerprint density at radius 2 is 1.87 bits per heavy atom. The predicted molar refractivity (Wildman–Crippen MR) is 143 cm³/mol. The van der Waals surface area contributed by atoms with Crippen LogP contribution in [0.3, 0.4) is 0 Å². The minimum absolute atomic E-state index is 0.0444. The monoisotopic (exact) mass is 553 g/mol. The molecule has 1 fully saturated rings. The number of hydrogen-bond acceptors (Lipinski definition) is 6. The van der Waals surface area contributed by atoms with Crippen LogP contribution in [-0.2, 0) is 16.2 Å². The molecule has 0 radical (unpaired) electrons. The second-order valence-corrected chi connectivity index (χ2v) is 8.72. The highest BCUT2D eigenvalue weighted by molar-refractivity contribution is 6.32. The number of benzene rings is 3. The van der Waals surface area contributed by atoms with E-state index in [1.807, 2.05) is 0 Å². The Kier molecular flexibility index (Phi) is 8.67. The van der Waals surface area contributed by atoms with Crippen molar-refractivity contribution in [3.05, 3.63) is 88.3 Å². The summed E-state index contributed by atoms with van der Waals surface area (Å²) >= 11 is 6.46. The molecule has 39 heavy (non-hydrogen) atoms. The van der Waals surface area contributed by atoms with Gasteiger partial charge < -0.3 is 24.8 Å². The van der Waals surface area contributed by atoms with E-state index < -0.39 is 24.4 Å². The number of hydrogen-bond donors (Lipinski definition) is 2. The summed E-state index contributed by atoms with van der Waals surface area (Å²) in [5.41, 5.74) is 1.42. The lowest BCUT2D eigenvalue weighted by Crippen LogP contribution is -2.38. The Balaban J connectivity index is 1.49. The molecule has 1 saturated heterocycles. The number of urea groups is 1. The minimum Gasteiger partial charge on any atom is -0.495 e. The zero-order valence-corrected chi connectivity index (χ0v) is 21.9. The molecule has 11 heteroatoms. The van der Waals surface area contributed by atoms with E-state index in [4.69, 9.17) is 25.8 Å². The van der Waals surface area contributed by atoms with Crippen molar-refractivity contribution in [2.24, 2.45) is 0 Å². The lowest BCUT2D eigenvalue weighted by atomic mass is 10.1. The Bertz CT molecular complexity index is 1440. The summed E-state index contributed by atoms with van der Waals surface area (Å²) in [5, 5.41) is 5.29. The predicted octanol–water partition coefficient (Wildman–Crippen LogP) is 5.00. The van der Waals surface area contributed by atoms with Crippen molar-refractivity contribution in [2.75, 3.05) is 25.6 Å². The lowest BCUT2D eigenvalue weighted by molar-refractivity contribution is -0.127. The molecule has 0 unspecified atom stereocenters. The standard InChI is InChI=1S/C28H25ClFN3O6/c1-3-38-24-14-18(12-20(29)26(24)39-16-17-7-6-8-19(30)11-17)13-22-27(35)33(28(36)32-22)15-25(34)31-21-9-4-5-10-23(21)37-2/h4-14H,3,15-16H2,1-2H3,(H,31,34)(H,32,36)/b22-13+. The van der Waals surface area contributed by atoms with Crippen molar-refractivity contribution in [3.63, 3.8) is 0 Å². The van der Waals surface area contributed by atoms with Crippen LogP contribution in [0.1, 0.15) is 18.1 Å². The van der Waals surface area contributed by atoms with Crippen LogP contribution in [0.5, 0.6) is 17.2 Å². The fourth-order valence-electron chi connectivity index (χ4n) is 3.82. The van der Waals surface area contributed by atoms with E-state index in [1.165, 1.54) is 31.4 Å². The fourth-order valence-corrected chi connectivity index (χ4v) is 4.09. The number of imide groups is 1. The molecule has 0 atom stereocenters. The lowest BCUT2D eigenvalue weighted by Gasteiger charge is -2.15. The minimum atomic E-state index is -0.743. The zero-order chi connectivity index (χ0) is 27.9. The summed E-state index contributed by atoms with van der Waals surface area (Å²) in [6, 6.07) is 15.1. The van der Waals surface area contributed by atoms with Gasteiger partial charge in [-0.1, -0.05) is 35.9 Å². The van der Waals surface area contributed by atoms with Crippen LogP contribution in [0.15, 0.2) is 66.4 Å². The molecule has 1 aliphatic heterocycles. The first-order valence-electron chi connectivity index (χ1n) is 11.9. The van der Waals surface area contributed by atoms with Crippen molar-refractivity contribution in [1.29, 1.82) is 0 Å². The second kappa shape index (κ2) is 12.3. The maximum atomic E-state index is 13.5. The molecule has 0 spiro atoms. The van der Waals surface area contributed by atoms with Gasteiger partial charge in [0.25, 0.3) is 5.91 Å². The third-order valence-corrected chi connectivity index (χ3v) is 5.84. The Morgan fingerprint density at radius 3 is 2.62 bits per heavy atom. The van der Waals surface area contributed by atoms with Crippen molar-refractivity contribution in [2.45, 2.75) is 13.5 Å². The topological polar surface area (TPSA) is 106 Å². The third-order valence-electron chi connectivity index (χ3n) is 5.56. The van der Waals surface area contributed by atoms with Crippen LogP contribution in [0, 0.1) is 5.82 Å². The van der Waals surface area contributed by atoms with Gasteiger partial charge in [0.2, 0.25) is 5.91 Å². The first-order chi connectivity index (χ1) is 18.8. The van der Waals surface area contributed by atoms with Crippen LogP contribution < -0.4 is 24.8 Å². The van der Waals surface area contributed by atoms with E-state index in [-0.39, 0.29) is 28.9 Å². The van der Waals surface area contributed by atoms with Crippen molar-refractivity contribution >= 4 is 41.2 Å². The molecule has 202 valence electrons. The van der Waals surface area contributed by atoms with E-state index >= 15 is 0 Å². The maximum absolute atomic E-state index is 13.5. The number of anilines is 1. The van der Waals surface area contributed by atoms with Gasteiger partial charge in [-0.3, -0.25) is 9.59 Å². The number of halogens is 2. The number of para-hydroxylation sites is 2. The molecule has 3 aromatic rings. The number of amides is 4. The number of rotatable bonds is 10. The van der Waals surface area contributed by atoms with Gasteiger partial charge in [-0.25, -0.2) is 14.1 Å². The van der Waals surface area contributed by atoms with Crippen molar-refractivity contribution in [1.82, 2.24) is 10.2 Å². The van der Waals surface area contributed by atoms with Gasteiger partial charge in [-0.2, -0.15) is 0 Å². The van der Waals surface area contributed by atoms with E-state index in [0.717, 1.165) is 4.90 Å². The molecular formula is C28H25ClFN3O6. The summed E-state index contributed by atoms with van der Waals surface area (Å²) in [6.07, 6.45) is 1.42. The van der Waals surface area contributed by atoms with Crippen LogP contribution >= 0.6 is 11.6 Å². The summed E-state index contributed by atoms with van der Waals surface area (Å²) in [4.78, 5) is 38.7. The number of nitrogens with zero attached hydrogens (tertiary/aromatic N) is 1. The molecule has 0 saturated carbocycles. The number of carbonyl (C=O) groups excluding carboxylic acids is 3. The first-order valence-corrected chi connectivity index (χ1v) is 12.3. The van der Waals surface area contributed by atoms with Crippen molar-refractivity contribution < 1.29 is 33.0 Å². The molecule has 1 aliphatic rings. The molecule has 3 aromatic carbocycles. The van der Waals surface area contributed by atoms with Gasteiger partial charge in [0.15, 0.2) is 11.5 Å². The van der Waals surface area contributed by atoms with Crippen LogP contribution in [0.25, 0.3) is 6.08 Å². The smallest absolute Gasteiger partial charge is 0.329 e. The summed E-state index contributed by atoms with van der Waals surface area (Å²) in [7, 11) is 1.46. The fraction of sp³-hybridized carbons (Fsp3) is 0.179. The Labute approximate surface area is 229 Å². The number of nitrogens with one attached hydrogen (secondary N) is 2. The van der Waals surface area contributed by atoms with E-state index in [1.54, 1.807) is 49.4 Å². The zero-order valence-electron chi connectivity index (χ0n) is 21.1. The van der Waals surface area contributed by atoms with Gasteiger partial charge >= 0.3 is 6.03 Å². The molecule has 9 nitrogen and oxygen atoms in total. The van der Waals surface area contributed by atoms with E-state index in [0.29, 0.717) is 34.9 Å². The van der Waals surface area contributed by atoms with E-state index in [9.17, 15) is 18.8 Å². The normalized spacial score (nSPS) is 13.8. The molecule has 0 aliphatic carbocycles. The van der Waals surface area contributed by atoms with Crippen LogP contribution in [0.4, 0.5) is 14.9 Å². The molecule has 2 N–H and O–H groups in total. The third kappa shape index (κ3) is 6.66. The second-order valence-electron chi connectivity index (χ2n) is 8.31. The van der Waals surface area contributed by atoms with Gasteiger partial charge in [0.1, 0.15) is 30.4 Å². The SMILES string of the molecule is CCOc1cc(/C=C2/NC(=O)N(CC(=O)Nc3ccccc3OC)C2=O)cc(Cl)c1OCc1cccc(F)c1. The largest absolute Gasteiger partial charge is 0.495 e. The summed E-state index contributed by atoms with van der Waals surface area (Å²) in [5.74, 6) is -0.654. The van der Waals surface area contributed by atoms with E-state index in [2.05, 4.69) is 10.6 Å². The summed E-state index contributed by atoms with van der Waals surface area (Å²) < 4.78 is 30.2. The van der Waals surface area contributed by atoms with Gasteiger partial charge in [-0.15, -0.1) is 0 Å².